The molecule has 14 heavy (non-hydrogen) atoms. The Hall–Kier alpha value is -1.29. The maximum Gasteiger partial charge on any atom is 0.237 e. The van der Waals surface area contributed by atoms with Crippen LogP contribution in [0.5, 0.6) is 0 Å². The SMILES string of the molecule is Cc1ccc(CNC(C)(C)C(N)=O)o1. The number of carbonyl (C=O) groups excluding carboxylic acids is 1. The first-order valence-electron chi connectivity index (χ1n) is 4.52. The lowest BCUT2D eigenvalue weighted by Gasteiger charge is -2.21. The standard InChI is InChI=1S/C10H16N2O2/c1-7-4-5-8(14-7)6-12-10(2,3)9(11)13/h4-5,12H,6H2,1-3H3,(H2,11,13). The number of hydrogen-bond donors (Lipinski definition) is 2. The lowest BCUT2D eigenvalue weighted by atomic mass is 10.1. The number of nitrogens with two attached hydrogens (primary N) is 1. The minimum atomic E-state index is -0.708. The van der Waals surface area contributed by atoms with E-state index in [1.54, 1.807) is 13.8 Å². The summed E-state index contributed by atoms with van der Waals surface area (Å²) < 4.78 is 5.34. The molecule has 1 amide bonds. The first-order valence-corrected chi connectivity index (χ1v) is 4.52. The molecule has 1 heterocycles. The van der Waals surface area contributed by atoms with Crippen LogP contribution in [0.4, 0.5) is 0 Å². The van der Waals surface area contributed by atoms with Crippen LogP contribution in [0.15, 0.2) is 16.5 Å². The van der Waals surface area contributed by atoms with Crippen LogP contribution in [0.3, 0.4) is 0 Å². The van der Waals surface area contributed by atoms with E-state index in [4.69, 9.17) is 10.2 Å². The Morgan fingerprint density at radius 2 is 2.21 bits per heavy atom. The molecule has 0 aliphatic heterocycles. The lowest BCUT2D eigenvalue weighted by molar-refractivity contribution is -0.123. The largest absolute Gasteiger partial charge is 0.465 e. The maximum absolute atomic E-state index is 11.0. The van der Waals surface area contributed by atoms with Crippen LogP contribution in [0.25, 0.3) is 0 Å². The van der Waals surface area contributed by atoms with Gasteiger partial charge in [-0.25, -0.2) is 0 Å². The van der Waals surface area contributed by atoms with Crippen molar-refractivity contribution >= 4 is 5.91 Å². The Labute approximate surface area is 83.5 Å². The van der Waals surface area contributed by atoms with Gasteiger partial charge < -0.3 is 10.2 Å². The molecule has 0 aliphatic carbocycles. The van der Waals surface area contributed by atoms with Gasteiger partial charge in [0.25, 0.3) is 0 Å². The highest BCUT2D eigenvalue weighted by atomic mass is 16.3. The van der Waals surface area contributed by atoms with E-state index in [9.17, 15) is 4.79 Å². The second-order valence-electron chi connectivity index (χ2n) is 3.86. The predicted octanol–water partition coefficient (Wildman–Crippen LogP) is 0.942. The highest BCUT2D eigenvalue weighted by Gasteiger charge is 2.23. The van der Waals surface area contributed by atoms with Gasteiger partial charge in [0.15, 0.2) is 0 Å². The van der Waals surface area contributed by atoms with Crippen LogP contribution in [-0.4, -0.2) is 11.4 Å². The summed E-state index contributed by atoms with van der Waals surface area (Å²) in [5, 5.41) is 3.02. The van der Waals surface area contributed by atoms with Crippen molar-refractivity contribution in [3.63, 3.8) is 0 Å². The summed E-state index contributed by atoms with van der Waals surface area (Å²) >= 11 is 0. The molecular weight excluding hydrogens is 180 g/mol. The van der Waals surface area contributed by atoms with Crippen LogP contribution in [0.2, 0.25) is 0 Å². The molecule has 0 spiro atoms. The average molecular weight is 196 g/mol. The molecule has 0 radical (unpaired) electrons. The normalized spacial score (nSPS) is 11.6. The van der Waals surface area contributed by atoms with Crippen molar-refractivity contribution < 1.29 is 9.21 Å². The van der Waals surface area contributed by atoms with Gasteiger partial charge in [-0.15, -0.1) is 0 Å². The molecule has 0 fully saturated rings. The fraction of sp³-hybridized carbons (Fsp3) is 0.500. The van der Waals surface area contributed by atoms with Crippen molar-refractivity contribution in [2.45, 2.75) is 32.9 Å². The smallest absolute Gasteiger partial charge is 0.237 e. The topological polar surface area (TPSA) is 68.3 Å². The number of amides is 1. The second kappa shape index (κ2) is 3.84. The zero-order chi connectivity index (χ0) is 10.8. The van der Waals surface area contributed by atoms with Crippen LogP contribution in [-0.2, 0) is 11.3 Å². The van der Waals surface area contributed by atoms with Crippen LogP contribution >= 0.6 is 0 Å². The van der Waals surface area contributed by atoms with E-state index in [1.165, 1.54) is 0 Å². The summed E-state index contributed by atoms with van der Waals surface area (Å²) in [6.07, 6.45) is 0. The molecule has 78 valence electrons. The Kier molecular flexibility index (Phi) is 2.96. The molecule has 0 bridgehead atoms. The number of nitrogens with one attached hydrogen (secondary N) is 1. The molecule has 1 aromatic rings. The monoisotopic (exact) mass is 196 g/mol. The van der Waals surface area contributed by atoms with Crippen LogP contribution < -0.4 is 11.1 Å². The number of carbonyl (C=O) groups is 1. The van der Waals surface area contributed by atoms with Crippen molar-refractivity contribution in [3.8, 4) is 0 Å². The molecular formula is C10H16N2O2. The maximum atomic E-state index is 11.0. The minimum absolute atomic E-state index is 0.374. The Morgan fingerprint density at radius 3 is 2.64 bits per heavy atom. The minimum Gasteiger partial charge on any atom is -0.465 e. The van der Waals surface area contributed by atoms with E-state index in [-0.39, 0.29) is 5.91 Å². The zero-order valence-electron chi connectivity index (χ0n) is 8.76. The summed E-state index contributed by atoms with van der Waals surface area (Å²) in [6.45, 7) is 5.86. The molecule has 1 rings (SSSR count). The van der Waals surface area contributed by atoms with Gasteiger partial charge in [-0.2, -0.15) is 0 Å². The highest BCUT2D eigenvalue weighted by molar-refractivity contribution is 5.83. The molecule has 0 aliphatic rings. The molecule has 1 aromatic heterocycles. The van der Waals surface area contributed by atoms with Gasteiger partial charge in [0.2, 0.25) is 5.91 Å². The average Bonchev–Trinajstić information content (AvgIpc) is 2.48. The van der Waals surface area contributed by atoms with E-state index in [2.05, 4.69) is 5.32 Å². The Bertz CT molecular complexity index is 329. The van der Waals surface area contributed by atoms with Crippen molar-refractivity contribution in [3.05, 3.63) is 23.7 Å². The molecule has 3 N–H and O–H groups in total. The highest BCUT2D eigenvalue weighted by Crippen LogP contribution is 2.08. The summed E-state index contributed by atoms with van der Waals surface area (Å²) in [5.74, 6) is 1.29. The van der Waals surface area contributed by atoms with Gasteiger partial charge >= 0.3 is 0 Å². The molecule has 4 heteroatoms. The first-order chi connectivity index (χ1) is 6.42. The lowest BCUT2D eigenvalue weighted by Crippen LogP contribution is -2.50. The zero-order valence-corrected chi connectivity index (χ0v) is 8.76. The first kappa shape index (κ1) is 10.8. The van der Waals surface area contributed by atoms with Crippen molar-refractivity contribution in [2.24, 2.45) is 5.73 Å². The van der Waals surface area contributed by atoms with Crippen molar-refractivity contribution in [1.29, 1.82) is 0 Å². The van der Waals surface area contributed by atoms with E-state index >= 15 is 0 Å². The molecule has 0 saturated heterocycles. The number of furan rings is 1. The summed E-state index contributed by atoms with van der Waals surface area (Å²) in [5.41, 5.74) is 4.50. The molecule has 0 aromatic carbocycles. The second-order valence-corrected chi connectivity index (χ2v) is 3.86. The number of primary amides is 1. The van der Waals surface area contributed by atoms with Gasteiger partial charge in [-0.05, 0) is 32.9 Å². The Balaban J connectivity index is 2.52. The fourth-order valence-corrected chi connectivity index (χ4v) is 0.975. The van der Waals surface area contributed by atoms with Gasteiger partial charge in [-0.3, -0.25) is 10.1 Å². The molecule has 0 saturated carbocycles. The van der Waals surface area contributed by atoms with Gasteiger partial charge in [0.05, 0.1) is 12.1 Å². The molecule has 0 unspecified atom stereocenters. The van der Waals surface area contributed by atoms with Crippen LogP contribution in [0.1, 0.15) is 25.4 Å². The van der Waals surface area contributed by atoms with Gasteiger partial charge in [0.1, 0.15) is 11.5 Å². The predicted molar refractivity (Wildman–Crippen MR) is 53.6 cm³/mol. The quantitative estimate of drug-likeness (QED) is 0.753. The van der Waals surface area contributed by atoms with Crippen molar-refractivity contribution in [2.75, 3.05) is 0 Å². The Morgan fingerprint density at radius 1 is 1.57 bits per heavy atom. The van der Waals surface area contributed by atoms with E-state index < -0.39 is 5.54 Å². The van der Waals surface area contributed by atoms with Gasteiger partial charge in [-0.1, -0.05) is 0 Å². The third-order valence-electron chi connectivity index (χ3n) is 2.12. The fourth-order valence-electron chi connectivity index (χ4n) is 0.975. The van der Waals surface area contributed by atoms with Crippen molar-refractivity contribution in [1.82, 2.24) is 5.32 Å². The number of aryl methyl sites for hydroxylation is 1. The van der Waals surface area contributed by atoms with Crippen LogP contribution in [0, 0.1) is 6.92 Å². The number of hydrogen-bond acceptors (Lipinski definition) is 3. The van der Waals surface area contributed by atoms with E-state index in [0.29, 0.717) is 6.54 Å². The summed E-state index contributed by atoms with van der Waals surface area (Å²) in [7, 11) is 0. The van der Waals surface area contributed by atoms with E-state index in [0.717, 1.165) is 11.5 Å². The number of rotatable bonds is 4. The van der Waals surface area contributed by atoms with Gasteiger partial charge in [0, 0.05) is 0 Å². The molecule has 0 atom stereocenters. The third kappa shape index (κ3) is 2.60. The summed E-state index contributed by atoms with van der Waals surface area (Å²) in [4.78, 5) is 11.0. The third-order valence-corrected chi connectivity index (χ3v) is 2.12. The van der Waals surface area contributed by atoms with E-state index in [1.807, 2.05) is 19.1 Å². The molecule has 4 nitrogen and oxygen atoms in total. The summed E-state index contributed by atoms with van der Waals surface area (Å²) in [6, 6.07) is 3.76.